The zero-order valence-electron chi connectivity index (χ0n) is 15.6. The maximum atomic E-state index is 5.34. The van der Waals surface area contributed by atoms with Gasteiger partial charge < -0.3 is 9.57 Å². The molecular formula is C20H27N3O2S. The summed E-state index contributed by atoms with van der Waals surface area (Å²) in [5.41, 5.74) is 2.01. The summed E-state index contributed by atoms with van der Waals surface area (Å²) < 4.78 is 6.48. The highest BCUT2D eigenvalue weighted by Crippen LogP contribution is 2.32. The van der Waals surface area contributed by atoms with E-state index in [-0.39, 0.29) is 0 Å². The molecule has 0 amide bonds. The molecule has 26 heavy (non-hydrogen) atoms. The van der Waals surface area contributed by atoms with Crippen molar-refractivity contribution in [3.05, 3.63) is 23.2 Å². The maximum Gasteiger partial charge on any atom is 0.142 e. The van der Waals surface area contributed by atoms with E-state index < -0.39 is 0 Å². The van der Waals surface area contributed by atoms with Crippen LogP contribution in [0.5, 0.6) is 5.75 Å². The normalized spacial score (nSPS) is 22.8. The molecule has 4 rings (SSSR count). The number of nitrogens with zero attached hydrogens (tertiary/aromatic N) is 3. The van der Waals surface area contributed by atoms with E-state index in [2.05, 4.69) is 10.1 Å². The van der Waals surface area contributed by atoms with E-state index in [1.165, 1.54) is 38.6 Å². The number of oxime groups is 1. The second kappa shape index (κ2) is 7.92. The van der Waals surface area contributed by atoms with Crippen LogP contribution in [-0.4, -0.2) is 48.9 Å². The fourth-order valence-corrected chi connectivity index (χ4v) is 5.41. The lowest BCUT2D eigenvalue weighted by Crippen LogP contribution is -2.43. The number of hydrogen-bond donors (Lipinski definition) is 0. The number of methoxy groups -OCH3 is 1. The highest BCUT2D eigenvalue weighted by molar-refractivity contribution is 7.20. The number of aromatic nitrogens is 1. The molecule has 1 unspecified atom stereocenters. The third-order valence-corrected chi connectivity index (χ3v) is 6.73. The van der Waals surface area contributed by atoms with Crippen molar-refractivity contribution < 1.29 is 9.57 Å². The molecule has 140 valence electrons. The summed E-state index contributed by atoms with van der Waals surface area (Å²) in [6.07, 6.45) is 7.84. The van der Waals surface area contributed by atoms with Crippen molar-refractivity contribution in [3.8, 4) is 5.75 Å². The van der Waals surface area contributed by atoms with Crippen LogP contribution in [0, 0.1) is 5.92 Å². The average molecular weight is 374 g/mol. The van der Waals surface area contributed by atoms with Gasteiger partial charge >= 0.3 is 0 Å². The van der Waals surface area contributed by atoms with Gasteiger partial charge in [0.2, 0.25) is 0 Å². The minimum absolute atomic E-state index is 0.395. The summed E-state index contributed by atoms with van der Waals surface area (Å²) in [4.78, 5) is 12.7. The first-order valence-corrected chi connectivity index (χ1v) is 10.4. The number of benzene rings is 1. The van der Waals surface area contributed by atoms with Gasteiger partial charge in [0.15, 0.2) is 0 Å². The summed E-state index contributed by atoms with van der Waals surface area (Å²) >= 11 is 1.68. The Balaban J connectivity index is 1.59. The second-order valence-electron chi connectivity index (χ2n) is 7.28. The van der Waals surface area contributed by atoms with Crippen molar-refractivity contribution in [1.29, 1.82) is 0 Å². The van der Waals surface area contributed by atoms with Crippen molar-refractivity contribution in [2.45, 2.75) is 44.6 Å². The van der Waals surface area contributed by atoms with Crippen LogP contribution in [0.15, 0.2) is 23.4 Å². The maximum absolute atomic E-state index is 5.34. The second-order valence-corrected chi connectivity index (χ2v) is 8.31. The molecule has 1 aliphatic carbocycles. The zero-order valence-corrected chi connectivity index (χ0v) is 16.4. The molecular weight excluding hydrogens is 346 g/mol. The van der Waals surface area contributed by atoms with Crippen LogP contribution < -0.4 is 4.74 Å². The molecule has 0 N–H and O–H groups in total. The molecule has 2 aromatic rings. The quantitative estimate of drug-likeness (QED) is 0.579. The SMILES string of the molecule is CO/N=C(/c1nc2ccc(OC)cc2s1)C1CCCN(C2CCCC2)C1. The highest BCUT2D eigenvalue weighted by atomic mass is 32.1. The van der Waals surface area contributed by atoms with E-state index in [0.29, 0.717) is 5.92 Å². The van der Waals surface area contributed by atoms with E-state index in [4.69, 9.17) is 14.6 Å². The van der Waals surface area contributed by atoms with E-state index in [1.807, 2.05) is 18.2 Å². The molecule has 2 fully saturated rings. The number of thiazole rings is 1. The van der Waals surface area contributed by atoms with Crippen LogP contribution in [0.1, 0.15) is 43.5 Å². The predicted octanol–water partition coefficient (Wildman–Crippen LogP) is 4.31. The number of likely N-dealkylation sites (tertiary alicyclic amines) is 1. The monoisotopic (exact) mass is 373 g/mol. The van der Waals surface area contributed by atoms with Crippen molar-refractivity contribution in [2.24, 2.45) is 11.1 Å². The number of ether oxygens (including phenoxy) is 1. The Morgan fingerprint density at radius 1 is 1.19 bits per heavy atom. The highest BCUT2D eigenvalue weighted by Gasteiger charge is 2.32. The lowest BCUT2D eigenvalue weighted by Gasteiger charge is -2.36. The standard InChI is InChI=1S/C20H27N3O2S/c1-24-16-9-10-17-18(12-16)26-20(21-17)19(22-25-2)14-6-5-11-23(13-14)15-7-3-4-8-15/h9-10,12,14-15H,3-8,11,13H2,1-2H3/b22-19+. The lowest BCUT2D eigenvalue weighted by atomic mass is 9.92. The molecule has 1 saturated carbocycles. The molecule has 0 spiro atoms. The van der Waals surface area contributed by atoms with Crippen LogP contribution in [0.2, 0.25) is 0 Å². The molecule has 2 aliphatic rings. The van der Waals surface area contributed by atoms with Crippen molar-refractivity contribution in [3.63, 3.8) is 0 Å². The van der Waals surface area contributed by atoms with Gasteiger partial charge in [-0.05, 0) is 50.4 Å². The minimum Gasteiger partial charge on any atom is -0.497 e. The zero-order chi connectivity index (χ0) is 17.9. The van der Waals surface area contributed by atoms with Crippen LogP contribution >= 0.6 is 11.3 Å². The smallest absolute Gasteiger partial charge is 0.142 e. The molecule has 6 heteroatoms. The van der Waals surface area contributed by atoms with Gasteiger partial charge in [-0.1, -0.05) is 18.0 Å². The van der Waals surface area contributed by atoms with E-state index in [0.717, 1.165) is 45.7 Å². The third kappa shape index (κ3) is 3.58. The third-order valence-electron chi connectivity index (χ3n) is 5.68. The Morgan fingerprint density at radius 3 is 2.81 bits per heavy atom. The fourth-order valence-electron chi connectivity index (χ4n) is 4.36. The number of fused-ring (bicyclic) bond motifs is 1. The van der Waals surface area contributed by atoms with Crippen molar-refractivity contribution in [2.75, 3.05) is 27.3 Å². The van der Waals surface area contributed by atoms with Gasteiger partial charge in [0.1, 0.15) is 23.6 Å². The molecule has 1 saturated heterocycles. The molecule has 1 aromatic heterocycles. The topological polar surface area (TPSA) is 47.0 Å². The van der Waals surface area contributed by atoms with Gasteiger partial charge in [0, 0.05) is 18.5 Å². The Labute approximate surface area is 159 Å². The predicted molar refractivity (Wildman–Crippen MR) is 106 cm³/mol. The number of hydrogen-bond acceptors (Lipinski definition) is 6. The Kier molecular flexibility index (Phi) is 5.41. The van der Waals surface area contributed by atoms with Gasteiger partial charge in [-0.3, -0.25) is 4.90 Å². The van der Waals surface area contributed by atoms with E-state index >= 15 is 0 Å². The molecule has 0 bridgehead atoms. The molecule has 1 aromatic carbocycles. The molecule has 2 heterocycles. The number of rotatable bonds is 5. The summed E-state index contributed by atoms with van der Waals surface area (Å²) in [5.74, 6) is 1.26. The van der Waals surface area contributed by atoms with Crippen LogP contribution in [0.4, 0.5) is 0 Å². The van der Waals surface area contributed by atoms with E-state index in [9.17, 15) is 0 Å². The van der Waals surface area contributed by atoms with Crippen molar-refractivity contribution in [1.82, 2.24) is 9.88 Å². The van der Waals surface area contributed by atoms with Crippen LogP contribution in [0.25, 0.3) is 10.2 Å². The Bertz CT molecular complexity index is 782. The first-order valence-electron chi connectivity index (χ1n) is 9.58. The van der Waals surface area contributed by atoms with Crippen LogP contribution in [-0.2, 0) is 4.84 Å². The largest absolute Gasteiger partial charge is 0.497 e. The van der Waals surface area contributed by atoms with Gasteiger partial charge in [-0.15, -0.1) is 11.3 Å². The van der Waals surface area contributed by atoms with Gasteiger partial charge in [0.05, 0.1) is 17.3 Å². The van der Waals surface area contributed by atoms with Crippen LogP contribution in [0.3, 0.4) is 0 Å². The number of piperidine rings is 1. The average Bonchev–Trinajstić information content (AvgIpc) is 3.35. The summed E-state index contributed by atoms with van der Waals surface area (Å²) in [6, 6.07) is 6.79. The first-order chi connectivity index (χ1) is 12.8. The molecule has 5 nitrogen and oxygen atoms in total. The molecule has 0 radical (unpaired) electrons. The Hall–Kier alpha value is -1.66. The van der Waals surface area contributed by atoms with Crippen molar-refractivity contribution >= 4 is 27.3 Å². The summed E-state index contributed by atoms with van der Waals surface area (Å²) in [7, 11) is 3.33. The van der Waals surface area contributed by atoms with Gasteiger partial charge in [-0.2, -0.15) is 0 Å². The van der Waals surface area contributed by atoms with E-state index in [1.54, 1.807) is 25.6 Å². The fraction of sp³-hybridized carbons (Fsp3) is 0.600. The minimum atomic E-state index is 0.395. The van der Waals surface area contributed by atoms with Gasteiger partial charge in [0.25, 0.3) is 0 Å². The first kappa shape index (κ1) is 17.7. The molecule has 1 atom stereocenters. The summed E-state index contributed by atoms with van der Waals surface area (Å²) in [6.45, 7) is 2.30. The van der Waals surface area contributed by atoms with Gasteiger partial charge in [-0.25, -0.2) is 4.98 Å². The summed E-state index contributed by atoms with van der Waals surface area (Å²) in [5, 5.41) is 5.40. The molecule has 1 aliphatic heterocycles. The lowest BCUT2D eigenvalue weighted by molar-refractivity contribution is 0.143. The Morgan fingerprint density at radius 2 is 2.04 bits per heavy atom.